The van der Waals surface area contributed by atoms with Crippen molar-refractivity contribution in [3.05, 3.63) is 45.8 Å². The van der Waals surface area contributed by atoms with E-state index in [4.69, 9.17) is 4.42 Å². The van der Waals surface area contributed by atoms with E-state index in [1.54, 1.807) is 6.07 Å². The molecular weight excluding hydrogens is 328 g/mol. The molecule has 1 aromatic carbocycles. The van der Waals surface area contributed by atoms with Crippen molar-refractivity contribution in [2.75, 3.05) is 33.8 Å². The van der Waals surface area contributed by atoms with E-state index in [2.05, 4.69) is 36.9 Å². The molecular formula is C21H30N2O3. The standard InChI is InChI=1S/C21H30N2O3/c1-4-15-6-8-20-19(9-15)17(10-21(25)26-20)12-23-11-16(14-24)5-7-18(13-23)22(2)3/h6,8-10,16,18,24H,4-5,7,11-14H2,1-3H3/t16-,18+/m0/s1. The van der Waals surface area contributed by atoms with Gasteiger partial charge in [-0.05, 0) is 62.5 Å². The van der Waals surface area contributed by atoms with E-state index >= 15 is 0 Å². The molecule has 2 aromatic rings. The van der Waals surface area contributed by atoms with Crippen LogP contribution in [0, 0.1) is 5.92 Å². The highest BCUT2D eigenvalue weighted by Crippen LogP contribution is 2.24. The first-order chi connectivity index (χ1) is 12.5. The summed E-state index contributed by atoms with van der Waals surface area (Å²) < 4.78 is 5.39. The normalized spacial score (nSPS) is 22.0. The molecule has 0 bridgehead atoms. The van der Waals surface area contributed by atoms with Crippen LogP contribution in [-0.2, 0) is 13.0 Å². The Morgan fingerprint density at radius 2 is 2.04 bits per heavy atom. The van der Waals surface area contributed by atoms with Gasteiger partial charge in [0.25, 0.3) is 0 Å². The molecule has 1 fully saturated rings. The Morgan fingerprint density at radius 3 is 2.73 bits per heavy atom. The van der Waals surface area contributed by atoms with E-state index in [9.17, 15) is 9.90 Å². The lowest BCUT2D eigenvalue weighted by Crippen LogP contribution is -2.39. The second-order valence-electron chi connectivity index (χ2n) is 7.71. The highest BCUT2D eigenvalue weighted by atomic mass is 16.4. The number of aryl methyl sites for hydroxylation is 1. The summed E-state index contributed by atoms with van der Waals surface area (Å²) in [6.45, 7) is 4.85. The zero-order chi connectivity index (χ0) is 18.7. The Labute approximate surface area is 155 Å². The number of likely N-dealkylation sites (N-methyl/N-ethyl adjacent to an activating group) is 1. The molecule has 26 heavy (non-hydrogen) atoms. The van der Waals surface area contributed by atoms with Gasteiger partial charge >= 0.3 is 5.63 Å². The van der Waals surface area contributed by atoms with Gasteiger partial charge in [0.15, 0.2) is 0 Å². The third-order valence-electron chi connectivity index (χ3n) is 5.58. The molecule has 2 heterocycles. The molecule has 1 aliphatic heterocycles. The predicted octanol–water partition coefficient (Wildman–Crippen LogP) is 2.49. The predicted molar refractivity (Wildman–Crippen MR) is 104 cm³/mol. The van der Waals surface area contributed by atoms with Gasteiger partial charge in [-0.15, -0.1) is 0 Å². The first kappa shape index (κ1) is 19.1. The summed E-state index contributed by atoms with van der Waals surface area (Å²) in [4.78, 5) is 16.7. The number of hydrogen-bond donors (Lipinski definition) is 1. The van der Waals surface area contributed by atoms with Crippen LogP contribution in [0.5, 0.6) is 0 Å². The van der Waals surface area contributed by atoms with Crippen molar-refractivity contribution < 1.29 is 9.52 Å². The number of fused-ring (bicyclic) bond motifs is 1. The average Bonchev–Trinajstić information content (AvgIpc) is 2.83. The number of aliphatic hydroxyl groups excluding tert-OH is 1. The Kier molecular flexibility index (Phi) is 6.12. The summed E-state index contributed by atoms with van der Waals surface area (Å²) >= 11 is 0. The van der Waals surface area contributed by atoms with Crippen molar-refractivity contribution in [3.8, 4) is 0 Å². The van der Waals surface area contributed by atoms with Gasteiger partial charge in [0.1, 0.15) is 5.58 Å². The van der Waals surface area contributed by atoms with Crippen molar-refractivity contribution in [3.63, 3.8) is 0 Å². The van der Waals surface area contributed by atoms with Gasteiger partial charge in [-0.25, -0.2) is 4.79 Å². The summed E-state index contributed by atoms with van der Waals surface area (Å²) in [5.41, 5.74) is 2.61. The minimum absolute atomic E-state index is 0.217. The minimum Gasteiger partial charge on any atom is -0.423 e. The maximum absolute atomic E-state index is 12.0. The summed E-state index contributed by atoms with van der Waals surface area (Å²) in [6, 6.07) is 8.15. The van der Waals surface area contributed by atoms with E-state index in [0.717, 1.165) is 43.3 Å². The first-order valence-corrected chi connectivity index (χ1v) is 9.55. The van der Waals surface area contributed by atoms with Gasteiger partial charge < -0.3 is 14.4 Å². The van der Waals surface area contributed by atoms with Gasteiger partial charge in [-0.1, -0.05) is 13.0 Å². The highest BCUT2D eigenvalue weighted by Gasteiger charge is 2.25. The van der Waals surface area contributed by atoms with Crippen molar-refractivity contribution in [2.45, 2.75) is 38.8 Å². The lowest BCUT2D eigenvalue weighted by Gasteiger charge is -2.29. The summed E-state index contributed by atoms with van der Waals surface area (Å²) in [5, 5.41) is 10.7. The molecule has 0 spiro atoms. The molecule has 1 aromatic heterocycles. The minimum atomic E-state index is -0.297. The van der Waals surface area contributed by atoms with E-state index in [1.165, 1.54) is 5.56 Å². The fourth-order valence-electron chi connectivity index (χ4n) is 3.91. The Morgan fingerprint density at radius 1 is 1.23 bits per heavy atom. The van der Waals surface area contributed by atoms with Crippen LogP contribution in [-0.4, -0.2) is 54.7 Å². The molecule has 0 amide bonds. The number of likely N-dealkylation sites (tertiary alicyclic amines) is 1. The lowest BCUT2D eigenvalue weighted by molar-refractivity contribution is 0.158. The fourth-order valence-corrected chi connectivity index (χ4v) is 3.91. The number of nitrogens with zero attached hydrogens (tertiary/aromatic N) is 2. The second-order valence-corrected chi connectivity index (χ2v) is 7.71. The molecule has 1 saturated heterocycles. The van der Waals surface area contributed by atoms with Crippen LogP contribution >= 0.6 is 0 Å². The topological polar surface area (TPSA) is 56.9 Å². The Bertz CT molecular complexity index is 799. The van der Waals surface area contributed by atoms with Crippen LogP contribution < -0.4 is 5.63 Å². The zero-order valence-electron chi connectivity index (χ0n) is 16.1. The fraction of sp³-hybridized carbons (Fsp3) is 0.571. The average molecular weight is 358 g/mol. The van der Waals surface area contributed by atoms with Gasteiger partial charge in [0.2, 0.25) is 0 Å². The molecule has 3 rings (SSSR count). The van der Waals surface area contributed by atoms with Crippen LogP contribution in [0.1, 0.15) is 30.9 Å². The van der Waals surface area contributed by atoms with Gasteiger partial charge in [-0.2, -0.15) is 0 Å². The van der Waals surface area contributed by atoms with Crippen LogP contribution in [0.2, 0.25) is 0 Å². The largest absolute Gasteiger partial charge is 0.423 e. The van der Waals surface area contributed by atoms with Crippen LogP contribution in [0.3, 0.4) is 0 Å². The number of benzene rings is 1. The first-order valence-electron chi connectivity index (χ1n) is 9.55. The molecule has 0 unspecified atom stereocenters. The molecule has 2 atom stereocenters. The van der Waals surface area contributed by atoms with E-state index in [-0.39, 0.29) is 18.2 Å². The zero-order valence-corrected chi connectivity index (χ0v) is 16.1. The highest BCUT2D eigenvalue weighted by molar-refractivity contribution is 5.80. The smallest absolute Gasteiger partial charge is 0.336 e. The second kappa shape index (κ2) is 8.33. The maximum Gasteiger partial charge on any atom is 0.336 e. The number of aliphatic hydroxyl groups is 1. The molecule has 5 heteroatoms. The van der Waals surface area contributed by atoms with Crippen molar-refractivity contribution in [1.29, 1.82) is 0 Å². The molecule has 142 valence electrons. The van der Waals surface area contributed by atoms with Crippen LogP contribution in [0.4, 0.5) is 0 Å². The lowest BCUT2D eigenvalue weighted by atomic mass is 10.0. The van der Waals surface area contributed by atoms with Crippen LogP contribution in [0.25, 0.3) is 11.0 Å². The van der Waals surface area contributed by atoms with Crippen molar-refractivity contribution >= 4 is 11.0 Å². The number of hydrogen-bond acceptors (Lipinski definition) is 5. The summed E-state index contributed by atoms with van der Waals surface area (Å²) in [5.74, 6) is 0.289. The summed E-state index contributed by atoms with van der Waals surface area (Å²) in [6.07, 6.45) is 3.08. The molecule has 0 saturated carbocycles. The van der Waals surface area contributed by atoms with Gasteiger partial charge in [-0.3, -0.25) is 4.90 Å². The number of rotatable bonds is 5. The quantitative estimate of drug-likeness (QED) is 0.832. The van der Waals surface area contributed by atoms with Gasteiger partial charge in [0, 0.05) is 43.7 Å². The maximum atomic E-state index is 12.0. The molecule has 1 aliphatic rings. The van der Waals surface area contributed by atoms with Gasteiger partial charge in [0.05, 0.1) is 0 Å². The Balaban J connectivity index is 1.93. The Hall–Kier alpha value is -1.69. The summed E-state index contributed by atoms with van der Waals surface area (Å²) in [7, 11) is 4.23. The molecule has 0 radical (unpaired) electrons. The van der Waals surface area contributed by atoms with E-state index in [1.807, 2.05) is 12.1 Å². The van der Waals surface area contributed by atoms with E-state index < -0.39 is 0 Å². The van der Waals surface area contributed by atoms with E-state index in [0.29, 0.717) is 18.2 Å². The third-order valence-corrected chi connectivity index (χ3v) is 5.58. The van der Waals surface area contributed by atoms with Crippen molar-refractivity contribution in [1.82, 2.24) is 9.80 Å². The molecule has 5 nitrogen and oxygen atoms in total. The molecule has 1 N–H and O–H groups in total. The van der Waals surface area contributed by atoms with Crippen molar-refractivity contribution in [2.24, 2.45) is 5.92 Å². The SMILES string of the molecule is CCc1ccc2oc(=O)cc(CN3C[C@@H](CO)CC[C@@H](N(C)C)C3)c2c1. The third kappa shape index (κ3) is 4.34. The monoisotopic (exact) mass is 358 g/mol. The van der Waals surface area contributed by atoms with Crippen LogP contribution in [0.15, 0.2) is 33.5 Å². The molecule has 0 aliphatic carbocycles.